The smallest absolute Gasteiger partial charge is 0.298 e. The van der Waals surface area contributed by atoms with Gasteiger partial charge in [-0.15, -0.1) is 0 Å². The predicted molar refractivity (Wildman–Crippen MR) is 118 cm³/mol. The minimum absolute atomic E-state index is 0.119. The molecule has 150 valence electrons. The van der Waals surface area contributed by atoms with E-state index in [0.717, 1.165) is 11.1 Å². The summed E-state index contributed by atoms with van der Waals surface area (Å²) in [6.45, 7) is 19.0. The fraction of sp³-hybridized carbons (Fsp3) is 0.0833. The lowest BCUT2D eigenvalue weighted by Gasteiger charge is -2.11. The van der Waals surface area contributed by atoms with Crippen LogP contribution in [0.4, 0.5) is 11.5 Å². The fourth-order valence-electron chi connectivity index (χ4n) is 3.71. The second kappa shape index (κ2) is 7.66. The van der Waals surface area contributed by atoms with Crippen LogP contribution in [0.1, 0.15) is 29.5 Å². The van der Waals surface area contributed by atoms with Crippen LogP contribution >= 0.6 is 0 Å². The summed E-state index contributed by atoms with van der Waals surface area (Å²) in [6, 6.07) is 10.6. The fourth-order valence-corrected chi connectivity index (χ4v) is 3.71. The minimum atomic E-state index is 0.119. The number of rotatable bonds is 4. The molecule has 0 radical (unpaired) electrons. The summed E-state index contributed by atoms with van der Waals surface area (Å²) in [7, 11) is 0. The largest absolute Gasteiger partial charge is 0.457 e. The molecule has 0 atom stereocenters. The van der Waals surface area contributed by atoms with E-state index in [9.17, 15) is 4.79 Å². The van der Waals surface area contributed by atoms with Crippen LogP contribution in [-0.2, 0) is 4.79 Å². The Morgan fingerprint density at radius 1 is 1.13 bits per heavy atom. The summed E-state index contributed by atoms with van der Waals surface area (Å²) in [5.74, 6) is 1.58. The summed E-state index contributed by atoms with van der Waals surface area (Å²) in [4.78, 5) is 22.3. The van der Waals surface area contributed by atoms with Crippen LogP contribution in [0.25, 0.3) is 38.4 Å². The Bertz CT molecular complexity index is 1380. The number of carbonyl (C=O) groups is 1. The Morgan fingerprint density at radius 3 is 2.61 bits per heavy atom. The third-order valence-electron chi connectivity index (χ3n) is 5.16. The third kappa shape index (κ3) is 3.15. The molecule has 4 rings (SSSR count). The number of ether oxygens (including phenoxy) is 1. The third-order valence-corrected chi connectivity index (χ3v) is 5.16. The molecule has 31 heavy (non-hydrogen) atoms. The normalized spacial score (nSPS) is 13.6. The zero-order valence-corrected chi connectivity index (χ0v) is 16.8. The van der Waals surface area contributed by atoms with Crippen molar-refractivity contribution in [3.63, 3.8) is 0 Å². The molecule has 1 aliphatic rings. The first-order valence-electron chi connectivity index (χ1n) is 9.28. The Hall–Kier alpha value is -4.62. The number of benzene rings is 1. The van der Waals surface area contributed by atoms with Crippen LogP contribution in [-0.4, -0.2) is 11.5 Å². The van der Waals surface area contributed by atoms with E-state index in [-0.39, 0.29) is 11.5 Å². The first kappa shape index (κ1) is 19.7. The molecule has 0 unspecified atom stereocenters. The zero-order valence-electron chi connectivity index (χ0n) is 16.8. The summed E-state index contributed by atoms with van der Waals surface area (Å²) >= 11 is 0. The van der Waals surface area contributed by atoms with E-state index in [4.69, 9.17) is 28.0 Å². The van der Waals surface area contributed by atoms with Crippen LogP contribution < -0.4 is 10.5 Å². The van der Waals surface area contributed by atoms with E-state index >= 15 is 0 Å². The number of hydrogen-bond donors (Lipinski definition) is 1. The topological polar surface area (TPSA) is 87.1 Å². The molecule has 0 amide bonds. The standard InChI is InChI=1S/C24H16N4O3/c1-13-17(20-14(2)22(27-4)24(25)28-23(20)21(13)26-3)11-15-9-10-19(31-15)16-7-5-6-8-18(16)30-12-29/h5-12H,1-2H3,(H2,25,28)/b17-11+. The van der Waals surface area contributed by atoms with Crippen molar-refractivity contribution < 1.29 is 13.9 Å². The van der Waals surface area contributed by atoms with Gasteiger partial charge in [-0.3, -0.25) is 9.78 Å². The second-order valence-corrected chi connectivity index (χ2v) is 6.86. The summed E-state index contributed by atoms with van der Waals surface area (Å²) in [5.41, 5.74) is 10.7. The Labute approximate surface area is 178 Å². The quantitative estimate of drug-likeness (QED) is 0.453. The van der Waals surface area contributed by atoms with Crippen molar-refractivity contribution in [2.75, 3.05) is 5.73 Å². The van der Waals surface area contributed by atoms with Gasteiger partial charge < -0.3 is 14.9 Å². The number of nitrogens with two attached hydrogens (primary N) is 1. The Kier molecular flexibility index (Phi) is 4.86. The number of allylic oxidation sites excluding steroid dienone is 2. The average Bonchev–Trinajstić information content (AvgIpc) is 3.32. The van der Waals surface area contributed by atoms with E-state index in [0.29, 0.717) is 51.8 Å². The molecule has 2 aromatic heterocycles. The van der Waals surface area contributed by atoms with E-state index in [2.05, 4.69) is 14.7 Å². The highest BCUT2D eigenvalue weighted by atomic mass is 16.5. The van der Waals surface area contributed by atoms with Gasteiger partial charge in [-0.2, -0.15) is 0 Å². The number of para-hydroxylation sites is 1. The number of fused-ring (bicyclic) bond motifs is 1. The minimum Gasteiger partial charge on any atom is -0.457 e. The molecule has 1 aliphatic carbocycles. The lowest BCUT2D eigenvalue weighted by Crippen LogP contribution is -1.99. The number of anilines is 1. The molecule has 7 heteroatoms. The molecule has 3 aromatic rings. The molecule has 0 bridgehead atoms. The number of hydrogen-bond acceptors (Lipinski definition) is 5. The van der Waals surface area contributed by atoms with E-state index in [1.165, 1.54) is 0 Å². The highest BCUT2D eigenvalue weighted by Crippen LogP contribution is 2.47. The van der Waals surface area contributed by atoms with Crippen LogP contribution in [0.2, 0.25) is 0 Å². The lowest BCUT2D eigenvalue weighted by molar-refractivity contribution is -0.120. The van der Waals surface area contributed by atoms with Crippen LogP contribution in [0.5, 0.6) is 5.75 Å². The summed E-state index contributed by atoms with van der Waals surface area (Å²) in [5, 5.41) is 0. The van der Waals surface area contributed by atoms with Gasteiger partial charge in [0.05, 0.1) is 24.4 Å². The molecule has 0 saturated heterocycles. The molecule has 7 nitrogen and oxygen atoms in total. The highest BCUT2D eigenvalue weighted by molar-refractivity contribution is 6.07. The number of pyridine rings is 1. The summed E-state index contributed by atoms with van der Waals surface area (Å²) < 4.78 is 11.0. The zero-order chi connectivity index (χ0) is 22.1. The molecule has 0 saturated carbocycles. The molecule has 0 spiro atoms. The van der Waals surface area contributed by atoms with Crippen LogP contribution in [0, 0.1) is 20.1 Å². The first-order valence-corrected chi connectivity index (χ1v) is 9.28. The number of nitrogens with zero attached hydrogens (tertiary/aromatic N) is 3. The summed E-state index contributed by atoms with van der Waals surface area (Å²) in [6.07, 6.45) is 1.82. The van der Waals surface area contributed by atoms with Gasteiger partial charge >= 0.3 is 0 Å². The molecule has 0 aliphatic heterocycles. The maximum Gasteiger partial charge on any atom is 0.298 e. The van der Waals surface area contributed by atoms with E-state index in [1.54, 1.807) is 37.3 Å². The van der Waals surface area contributed by atoms with Crippen molar-refractivity contribution >= 4 is 35.3 Å². The van der Waals surface area contributed by atoms with Gasteiger partial charge in [-0.25, -0.2) is 9.69 Å². The second-order valence-electron chi connectivity index (χ2n) is 6.86. The van der Waals surface area contributed by atoms with E-state index < -0.39 is 0 Å². The molecule has 2 N–H and O–H groups in total. The molecule has 1 aromatic carbocycles. The van der Waals surface area contributed by atoms with Gasteiger partial charge in [0.15, 0.2) is 0 Å². The molecule has 2 heterocycles. The lowest BCUT2D eigenvalue weighted by atomic mass is 9.98. The van der Waals surface area contributed by atoms with Crippen molar-refractivity contribution in [3.05, 3.63) is 87.4 Å². The van der Waals surface area contributed by atoms with Gasteiger partial charge in [0, 0.05) is 0 Å². The number of carbonyl (C=O) groups excluding carboxylic acids is 1. The molecular weight excluding hydrogens is 392 g/mol. The maximum absolute atomic E-state index is 10.8. The van der Waals surface area contributed by atoms with Crippen LogP contribution in [0.15, 0.2) is 46.4 Å². The Balaban J connectivity index is 1.86. The maximum atomic E-state index is 10.8. The van der Waals surface area contributed by atoms with Crippen molar-refractivity contribution in [3.8, 4) is 17.1 Å². The highest BCUT2D eigenvalue weighted by Gasteiger charge is 2.30. The molecular formula is C24H16N4O3. The predicted octanol–water partition coefficient (Wildman–Crippen LogP) is 5.52. The van der Waals surface area contributed by atoms with Gasteiger partial charge in [0.25, 0.3) is 6.47 Å². The van der Waals surface area contributed by atoms with Crippen molar-refractivity contribution in [1.82, 2.24) is 4.98 Å². The van der Waals surface area contributed by atoms with Gasteiger partial charge in [0.2, 0.25) is 11.4 Å². The van der Waals surface area contributed by atoms with Gasteiger partial charge in [-0.1, -0.05) is 12.1 Å². The van der Waals surface area contributed by atoms with Crippen molar-refractivity contribution in [2.45, 2.75) is 13.8 Å². The van der Waals surface area contributed by atoms with Crippen LogP contribution in [0.3, 0.4) is 0 Å². The van der Waals surface area contributed by atoms with Gasteiger partial charge in [0.1, 0.15) is 23.1 Å². The first-order chi connectivity index (χ1) is 15.0. The van der Waals surface area contributed by atoms with Crippen molar-refractivity contribution in [2.24, 2.45) is 0 Å². The van der Waals surface area contributed by atoms with E-state index in [1.807, 2.05) is 19.1 Å². The monoisotopic (exact) mass is 408 g/mol. The Morgan fingerprint density at radius 2 is 1.90 bits per heavy atom. The molecule has 0 fully saturated rings. The SMILES string of the molecule is [C-]#[N+]C1=C(C)/C(=C\c2ccc(-c3ccccc3OC=O)o2)c2c1nc(N)c([N+]#[C-])c2C. The number of aromatic nitrogens is 1. The average molecular weight is 408 g/mol. The van der Waals surface area contributed by atoms with Gasteiger partial charge in [-0.05, 0) is 66.5 Å². The van der Waals surface area contributed by atoms with Crippen molar-refractivity contribution in [1.29, 1.82) is 0 Å². The number of nitrogen functional groups attached to an aromatic ring is 1. The number of furan rings is 1.